The van der Waals surface area contributed by atoms with Gasteiger partial charge in [-0.1, -0.05) is 58.4 Å². The number of aliphatic hydroxyl groups excluding tert-OH is 1. The number of halogens is 1. The van der Waals surface area contributed by atoms with Crippen LogP contribution < -0.4 is 18.9 Å². The van der Waals surface area contributed by atoms with Crippen molar-refractivity contribution in [2.24, 2.45) is 0 Å². The summed E-state index contributed by atoms with van der Waals surface area (Å²) in [7, 11) is 3.30. The van der Waals surface area contributed by atoms with Gasteiger partial charge in [0.1, 0.15) is 42.5 Å². The highest BCUT2D eigenvalue weighted by Crippen LogP contribution is 2.31. The van der Waals surface area contributed by atoms with Crippen LogP contribution in [0.15, 0.2) is 102 Å². The fourth-order valence-electron chi connectivity index (χ4n) is 4.82. The van der Waals surface area contributed by atoms with Gasteiger partial charge in [0.25, 0.3) is 0 Å². The topological polar surface area (TPSA) is 92.7 Å². The van der Waals surface area contributed by atoms with Gasteiger partial charge in [-0.25, -0.2) is 0 Å². The Morgan fingerprint density at radius 3 is 1.98 bits per heavy atom. The number of ether oxygens (including phenoxy) is 6. The van der Waals surface area contributed by atoms with E-state index in [1.807, 2.05) is 78.9 Å². The van der Waals surface area contributed by atoms with Crippen molar-refractivity contribution in [3.63, 3.8) is 0 Å². The average Bonchev–Trinajstić information content (AvgIpc) is 3.11. The van der Waals surface area contributed by atoms with Crippen LogP contribution in [0, 0.1) is 0 Å². The molecule has 0 saturated heterocycles. The van der Waals surface area contributed by atoms with E-state index in [-0.39, 0.29) is 12.5 Å². The lowest BCUT2D eigenvalue weighted by Crippen LogP contribution is -2.17. The van der Waals surface area contributed by atoms with Crippen LogP contribution in [0.3, 0.4) is 0 Å². The molecule has 0 fully saturated rings. The van der Waals surface area contributed by atoms with Gasteiger partial charge in [0.15, 0.2) is 0 Å². The van der Waals surface area contributed by atoms with Crippen molar-refractivity contribution in [1.29, 1.82) is 0 Å². The summed E-state index contributed by atoms with van der Waals surface area (Å²) in [5.41, 5.74) is 5.47. The molecule has 0 radical (unpaired) electrons. The molecule has 8 nitrogen and oxygen atoms in total. The molecule has 1 heterocycles. The van der Waals surface area contributed by atoms with Crippen LogP contribution in [0.2, 0.25) is 0 Å². The molecule has 4 aromatic carbocycles. The fourth-order valence-corrected chi connectivity index (χ4v) is 5.18. The van der Waals surface area contributed by atoms with E-state index in [9.17, 15) is 4.79 Å². The monoisotopic (exact) mass is 704 g/mol. The molecule has 47 heavy (non-hydrogen) atoms. The SMILES string of the molecule is COc1ccc(COc2ccc(Br)c(COC/C=C/CO)c2)cc1.COc1ccc(COc2ccc3c(c2)COCC3CC=O)cc1. The molecule has 5 rings (SSSR count). The van der Waals surface area contributed by atoms with Gasteiger partial charge >= 0.3 is 0 Å². The van der Waals surface area contributed by atoms with E-state index < -0.39 is 0 Å². The van der Waals surface area contributed by atoms with Crippen LogP contribution in [0.1, 0.15) is 40.2 Å². The molecule has 4 aromatic rings. The highest BCUT2D eigenvalue weighted by atomic mass is 79.9. The van der Waals surface area contributed by atoms with Gasteiger partial charge in [0.2, 0.25) is 0 Å². The number of methoxy groups -OCH3 is 2. The molecule has 9 heteroatoms. The highest BCUT2D eigenvalue weighted by Gasteiger charge is 2.20. The summed E-state index contributed by atoms with van der Waals surface area (Å²) in [4.78, 5) is 10.8. The highest BCUT2D eigenvalue weighted by molar-refractivity contribution is 9.10. The van der Waals surface area contributed by atoms with E-state index in [0.717, 1.165) is 56.0 Å². The Bertz CT molecular complexity index is 1550. The number of rotatable bonds is 15. The van der Waals surface area contributed by atoms with Crippen molar-refractivity contribution in [3.8, 4) is 23.0 Å². The molecular weight excluding hydrogens is 664 g/mol. The smallest absolute Gasteiger partial charge is 0.120 e. The second kappa shape index (κ2) is 19.5. The lowest BCUT2D eigenvalue weighted by molar-refractivity contribution is -0.108. The Hall–Kier alpha value is -4.15. The maximum atomic E-state index is 10.8. The van der Waals surface area contributed by atoms with Crippen LogP contribution in [0.25, 0.3) is 0 Å². The minimum absolute atomic E-state index is 0.0295. The third-order valence-corrected chi connectivity index (χ3v) is 8.18. The number of hydrogen-bond acceptors (Lipinski definition) is 8. The third kappa shape index (κ3) is 11.6. The molecular formula is C38H41BrO8. The Balaban J connectivity index is 0.000000213. The number of aldehydes is 1. The minimum Gasteiger partial charge on any atom is -0.497 e. The summed E-state index contributed by atoms with van der Waals surface area (Å²) >= 11 is 3.52. The molecule has 1 aliphatic rings. The lowest BCUT2D eigenvalue weighted by atomic mass is 9.91. The fraction of sp³-hybridized carbons (Fsp3) is 0.289. The molecule has 0 saturated carbocycles. The third-order valence-electron chi connectivity index (χ3n) is 7.40. The molecule has 1 N–H and O–H groups in total. The van der Waals surface area contributed by atoms with Gasteiger partial charge < -0.3 is 38.3 Å². The van der Waals surface area contributed by atoms with Gasteiger partial charge in [-0.05, 0) is 82.4 Å². The molecule has 0 spiro atoms. The Morgan fingerprint density at radius 1 is 0.787 bits per heavy atom. The molecule has 0 amide bonds. The van der Waals surface area contributed by atoms with Crippen molar-refractivity contribution in [2.75, 3.05) is 34.0 Å². The van der Waals surface area contributed by atoms with Gasteiger partial charge in [-0.15, -0.1) is 0 Å². The first-order valence-electron chi connectivity index (χ1n) is 15.3. The molecule has 0 aromatic heterocycles. The van der Waals surface area contributed by atoms with Gasteiger partial charge in [-0.3, -0.25) is 0 Å². The van der Waals surface area contributed by atoms with Crippen molar-refractivity contribution < 1.29 is 38.3 Å². The summed E-state index contributed by atoms with van der Waals surface area (Å²) in [5, 5.41) is 8.67. The zero-order chi connectivity index (χ0) is 33.3. The van der Waals surface area contributed by atoms with Gasteiger partial charge in [0.05, 0.1) is 47.3 Å². The number of carbonyl (C=O) groups is 1. The minimum atomic E-state index is 0.0295. The number of benzene rings is 4. The number of fused-ring (bicyclic) bond motifs is 1. The second-order valence-corrected chi connectivity index (χ2v) is 11.5. The molecule has 0 bridgehead atoms. The van der Waals surface area contributed by atoms with Crippen LogP contribution >= 0.6 is 15.9 Å². The number of hydrogen-bond donors (Lipinski definition) is 1. The predicted molar refractivity (Wildman–Crippen MR) is 184 cm³/mol. The van der Waals surface area contributed by atoms with Crippen LogP contribution in [-0.4, -0.2) is 45.4 Å². The van der Waals surface area contributed by atoms with Crippen LogP contribution in [0.5, 0.6) is 23.0 Å². The predicted octanol–water partition coefficient (Wildman–Crippen LogP) is 7.58. The summed E-state index contributed by atoms with van der Waals surface area (Å²) in [5.74, 6) is 3.43. The zero-order valence-corrected chi connectivity index (χ0v) is 28.3. The normalized spacial score (nSPS) is 13.7. The van der Waals surface area contributed by atoms with E-state index in [0.29, 0.717) is 46.1 Å². The summed E-state index contributed by atoms with van der Waals surface area (Å²) in [6, 6.07) is 27.5. The van der Waals surface area contributed by atoms with Crippen molar-refractivity contribution in [3.05, 3.63) is 129 Å². The first-order valence-corrected chi connectivity index (χ1v) is 16.1. The largest absolute Gasteiger partial charge is 0.497 e. The van der Waals surface area contributed by atoms with Crippen molar-refractivity contribution in [1.82, 2.24) is 0 Å². The molecule has 1 atom stereocenters. The van der Waals surface area contributed by atoms with Crippen LogP contribution in [0.4, 0.5) is 0 Å². The summed E-state index contributed by atoms with van der Waals surface area (Å²) in [6.07, 6.45) is 4.90. The Kier molecular flexibility index (Phi) is 14.8. The zero-order valence-electron chi connectivity index (χ0n) is 26.7. The maximum absolute atomic E-state index is 10.8. The maximum Gasteiger partial charge on any atom is 0.120 e. The quantitative estimate of drug-likeness (QED) is 0.0770. The van der Waals surface area contributed by atoms with Gasteiger partial charge in [-0.2, -0.15) is 0 Å². The first-order chi connectivity index (χ1) is 23.0. The number of carbonyl (C=O) groups excluding carboxylic acids is 1. The van der Waals surface area contributed by atoms with E-state index in [4.69, 9.17) is 33.5 Å². The van der Waals surface area contributed by atoms with E-state index in [2.05, 4.69) is 22.0 Å². The van der Waals surface area contributed by atoms with Crippen molar-refractivity contribution >= 4 is 22.2 Å². The van der Waals surface area contributed by atoms with E-state index in [1.54, 1.807) is 26.4 Å². The second-order valence-electron chi connectivity index (χ2n) is 10.7. The van der Waals surface area contributed by atoms with E-state index >= 15 is 0 Å². The number of aliphatic hydroxyl groups is 1. The standard InChI is InChI=1S/C19H21BrO4.C19H20O4/c1-22-17-6-4-15(5-7-17)13-24-18-8-9-19(20)16(12-18)14-23-11-3-2-10-21;1-21-17-4-2-14(3-5-17)11-23-18-6-7-19-15(8-9-20)12-22-13-16(19)10-18/h2-9,12,21H,10-11,13-14H2,1H3;2-7,9-10,15H,8,11-13H2,1H3/b3-2+;. The molecule has 1 unspecified atom stereocenters. The first kappa shape index (κ1) is 35.7. The van der Waals surface area contributed by atoms with Crippen molar-refractivity contribution in [2.45, 2.75) is 38.8 Å². The average molecular weight is 706 g/mol. The summed E-state index contributed by atoms with van der Waals surface area (Å²) in [6.45, 7) is 3.14. The Morgan fingerprint density at radius 2 is 1.38 bits per heavy atom. The van der Waals surface area contributed by atoms with Gasteiger partial charge in [0, 0.05) is 16.8 Å². The van der Waals surface area contributed by atoms with E-state index in [1.165, 1.54) is 5.56 Å². The Labute approximate surface area is 285 Å². The summed E-state index contributed by atoms with van der Waals surface area (Å²) < 4.78 is 34.1. The van der Waals surface area contributed by atoms with Crippen LogP contribution in [-0.2, 0) is 40.7 Å². The molecule has 248 valence electrons. The molecule has 0 aliphatic carbocycles. The molecule has 1 aliphatic heterocycles. The lowest BCUT2D eigenvalue weighted by Gasteiger charge is -2.24.